The van der Waals surface area contributed by atoms with E-state index in [9.17, 15) is 0 Å². The molecule has 0 spiro atoms. The highest BCUT2D eigenvalue weighted by Crippen LogP contribution is 2.42. The number of aromatic nitrogens is 1. The minimum absolute atomic E-state index is 0.0308. The van der Waals surface area contributed by atoms with Crippen molar-refractivity contribution in [3.05, 3.63) is 36.0 Å². The van der Waals surface area contributed by atoms with Crippen LogP contribution in [-0.4, -0.2) is 36.1 Å². The Balaban J connectivity index is 1.68. The zero-order chi connectivity index (χ0) is 16.7. The second-order valence-corrected chi connectivity index (χ2v) is 7.32. The van der Waals surface area contributed by atoms with Gasteiger partial charge in [0, 0.05) is 30.2 Å². The number of methoxy groups -OCH3 is 1. The molecule has 3 fully saturated rings. The van der Waals surface area contributed by atoms with Gasteiger partial charge < -0.3 is 10.5 Å². The van der Waals surface area contributed by atoms with Gasteiger partial charge in [-0.25, -0.2) is 0 Å². The van der Waals surface area contributed by atoms with Gasteiger partial charge in [0.25, 0.3) is 0 Å². The predicted molar refractivity (Wildman–Crippen MR) is 97.1 cm³/mol. The Labute approximate surface area is 144 Å². The third-order valence-corrected chi connectivity index (χ3v) is 6.22. The minimum Gasteiger partial charge on any atom is -0.497 e. The van der Waals surface area contributed by atoms with Gasteiger partial charge in [-0.05, 0) is 61.1 Å². The molecule has 5 unspecified atom stereocenters. The van der Waals surface area contributed by atoms with Crippen LogP contribution in [0.3, 0.4) is 0 Å². The Morgan fingerprint density at radius 1 is 1.38 bits per heavy atom. The summed E-state index contributed by atoms with van der Waals surface area (Å²) in [6, 6.07) is 8.62. The second kappa shape index (κ2) is 6.34. The van der Waals surface area contributed by atoms with Crippen molar-refractivity contribution in [2.24, 2.45) is 17.6 Å². The van der Waals surface area contributed by atoms with Crippen LogP contribution in [-0.2, 0) is 0 Å². The molecule has 5 rings (SSSR count). The SMILES string of the molecule is CCC1CN2CCC1CC2C(N)c1ccnc2ccc(OC)cc12. The maximum Gasteiger partial charge on any atom is 0.119 e. The van der Waals surface area contributed by atoms with E-state index in [1.807, 2.05) is 18.3 Å². The summed E-state index contributed by atoms with van der Waals surface area (Å²) >= 11 is 0. The van der Waals surface area contributed by atoms with Gasteiger partial charge in [-0.1, -0.05) is 13.3 Å². The van der Waals surface area contributed by atoms with Crippen LogP contribution in [0.5, 0.6) is 5.75 Å². The van der Waals surface area contributed by atoms with Crippen LogP contribution >= 0.6 is 0 Å². The molecule has 4 nitrogen and oxygen atoms in total. The van der Waals surface area contributed by atoms with Crippen molar-refractivity contribution < 1.29 is 4.74 Å². The molecular formula is C20H27N3O. The first-order valence-electron chi connectivity index (χ1n) is 9.13. The lowest BCUT2D eigenvalue weighted by molar-refractivity contribution is -0.0105. The van der Waals surface area contributed by atoms with Gasteiger partial charge in [-0.15, -0.1) is 0 Å². The summed E-state index contributed by atoms with van der Waals surface area (Å²) in [6.07, 6.45) is 5.74. The lowest BCUT2D eigenvalue weighted by Gasteiger charge is -2.51. The minimum atomic E-state index is 0.0308. The molecule has 3 aliphatic rings. The maximum absolute atomic E-state index is 6.79. The van der Waals surface area contributed by atoms with Gasteiger partial charge in [-0.2, -0.15) is 0 Å². The first-order valence-corrected chi connectivity index (χ1v) is 9.13. The van der Waals surface area contributed by atoms with Crippen LogP contribution in [0, 0.1) is 11.8 Å². The zero-order valence-corrected chi connectivity index (χ0v) is 14.6. The van der Waals surface area contributed by atoms with E-state index in [4.69, 9.17) is 10.5 Å². The van der Waals surface area contributed by atoms with Crippen molar-refractivity contribution >= 4 is 10.9 Å². The van der Waals surface area contributed by atoms with E-state index in [-0.39, 0.29) is 6.04 Å². The summed E-state index contributed by atoms with van der Waals surface area (Å²) in [5.41, 5.74) is 8.98. The van der Waals surface area contributed by atoms with Crippen molar-refractivity contribution in [1.82, 2.24) is 9.88 Å². The molecule has 0 saturated carbocycles. The Kier molecular flexibility index (Phi) is 4.19. The summed E-state index contributed by atoms with van der Waals surface area (Å²) in [4.78, 5) is 7.12. The monoisotopic (exact) mass is 325 g/mol. The molecular weight excluding hydrogens is 298 g/mol. The van der Waals surface area contributed by atoms with Crippen molar-refractivity contribution in [2.45, 2.75) is 38.3 Å². The molecule has 0 aliphatic carbocycles. The maximum atomic E-state index is 6.79. The summed E-state index contributed by atoms with van der Waals surface area (Å²) in [5, 5.41) is 1.12. The average molecular weight is 325 g/mol. The van der Waals surface area contributed by atoms with Crippen molar-refractivity contribution in [3.8, 4) is 5.75 Å². The first kappa shape index (κ1) is 15.9. The molecule has 0 radical (unpaired) electrons. The molecule has 1 aromatic carbocycles. The van der Waals surface area contributed by atoms with E-state index < -0.39 is 0 Å². The molecule has 128 valence electrons. The first-order chi connectivity index (χ1) is 11.7. The van der Waals surface area contributed by atoms with Crippen LogP contribution in [0.4, 0.5) is 0 Å². The number of hydrogen-bond acceptors (Lipinski definition) is 4. The molecule has 1 aromatic heterocycles. The third kappa shape index (κ3) is 2.58. The molecule has 2 bridgehead atoms. The third-order valence-electron chi connectivity index (χ3n) is 6.22. The molecule has 24 heavy (non-hydrogen) atoms. The Bertz CT molecular complexity index is 732. The quantitative estimate of drug-likeness (QED) is 0.936. The van der Waals surface area contributed by atoms with E-state index in [0.717, 1.165) is 28.5 Å². The molecule has 4 heteroatoms. The summed E-state index contributed by atoms with van der Waals surface area (Å²) in [7, 11) is 1.70. The van der Waals surface area contributed by atoms with Crippen LogP contribution in [0.25, 0.3) is 10.9 Å². The zero-order valence-electron chi connectivity index (χ0n) is 14.6. The summed E-state index contributed by atoms with van der Waals surface area (Å²) in [6.45, 7) is 4.74. The fraction of sp³-hybridized carbons (Fsp3) is 0.550. The predicted octanol–water partition coefficient (Wildman–Crippen LogP) is 3.36. The highest BCUT2D eigenvalue weighted by molar-refractivity contribution is 5.84. The molecule has 2 N–H and O–H groups in total. The summed E-state index contributed by atoms with van der Waals surface area (Å²) < 4.78 is 5.40. The Hall–Kier alpha value is -1.65. The largest absolute Gasteiger partial charge is 0.497 e. The van der Waals surface area contributed by atoms with E-state index in [1.54, 1.807) is 7.11 Å². The lowest BCUT2D eigenvalue weighted by Crippen LogP contribution is -2.56. The number of benzene rings is 1. The van der Waals surface area contributed by atoms with Crippen LogP contribution in [0.2, 0.25) is 0 Å². The molecule has 3 saturated heterocycles. The average Bonchev–Trinajstić information content (AvgIpc) is 2.66. The molecule has 5 atom stereocenters. The number of rotatable bonds is 4. The highest BCUT2D eigenvalue weighted by Gasteiger charge is 2.41. The molecule has 3 aliphatic heterocycles. The number of nitrogens with two attached hydrogens (primary N) is 1. The van der Waals surface area contributed by atoms with Crippen molar-refractivity contribution in [2.75, 3.05) is 20.2 Å². The van der Waals surface area contributed by atoms with Crippen LogP contribution in [0.1, 0.15) is 37.8 Å². The Morgan fingerprint density at radius 2 is 2.25 bits per heavy atom. The fourth-order valence-corrected chi connectivity index (χ4v) is 4.79. The van der Waals surface area contributed by atoms with Crippen LogP contribution in [0.15, 0.2) is 30.5 Å². The van der Waals surface area contributed by atoms with Crippen LogP contribution < -0.4 is 10.5 Å². The number of fused-ring (bicyclic) bond motifs is 4. The van der Waals surface area contributed by atoms with Gasteiger partial charge in [0.05, 0.1) is 12.6 Å². The van der Waals surface area contributed by atoms with Gasteiger partial charge in [-0.3, -0.25) is 9.88 Å². The van der Waals surface area contributed by atoms with Crippen molar-refractivity contribution in [3.63, 3.8) is 0 Å². The summed E-state index contributed by atoms with van der Waals surface area (Å²) in [5.74, 6) is 2.57. The number of ether oxygens (including phenoxy) is 1. The number of nitrogens with zero attached hydrogens (tertiary/aromatic N) is 2. The van der Waals surface area contributed by atoms with Gasteiger partial charge in [0.2, 0.25) is 0 Å². The lowest BCUT2D eigenvalue weighted by atomic mass is 9.72. The van der Waals surface area contributed by atoms with Gasteiger partial charge in [0.15, 0.2) is 0 Å². The standard InChI is InChI=1S/C20H27N3O/c1-3-13-12-23-9-7-14(13)10-19(23)20(21)16-6-8-22-18-5-4-15(24-2)11-17(16)18/h4-6,8,11,13-14,19-20H,3,7,9-10,12,21H2,1-2H3. The van der Waals surface area contributed by atoms with E-state index in [2.05, 4.69) is 28.9 Å². The van der Waals surface area contributed by atoms with E-state index in [1.165, 1.54) is 37.9 Å². The number of hydrogen-bond donors (Lipinski definition) is 1. The number of pyridine rings is 1. The normalized spacial score (nSPS) is 30.5. The smallest absolute Gasteiger partial charge is 0.119 e. The molecule has 2 aromatic rings. The van der Waals surface area contributed by atoms with Gasteiger partial charge >= 0.3 is 0 Å². The second-order valence-electron chi connectivity index (χ2n) is 7.32. The number of piperidine rings is 3. The molecule has 0 amide bonds. The van der Waals surface area contributed by atoms with Gasteiger partial charge in [0.1, 0.15) is 5.75 Å². The molecule has 4 heterocycles. The fourth-order valence-electron chi connectivity index (χ4n) is 4.79. The van der Waals surface area contributed by atoms with E-state index in [0.29, 0.717) is 6.04 Å². The van der Waals surface area contributed by atoms with Crippen molar-refractivity contribution in [1.29, 1.82) is 0 Å². The van der Waals surface area contributed by atoms with E-state index >= 15 is 0 Å². The Morgan fingerprint density at radius 3 is 2.96 bits per heavy atom. The topological polar surface area (TPSA) is 51.4 Å². The highest BCUT2D eigenvalue weighted by atomic mass is 16.5.